The van der Waals surface area contributed by atoms with Gasteiger partial charge in [-0.2, -0.15) is 4.98 Å². The van der Waals surface area contributed by atoms with Gasteiger partial charge in [-0.05, 0) is 31.2 Å². The van der Waals surface area contributed by atoms with Gasteiger partial charge in [0.2, 0.25) is 17.7 Å². The molecule has 26 heavy (non-hydrogen) atoms. The second kappa shape index (κ2) is 8.30. The Bertz CT molecular complexity index is 908. The molecule has 0 radical (unpaired) electrons. The molecule has 10 heteroatoms. The molecular formula is C16H16N4O5S. The Kier molecular flexibility index (Phi) is 6.12. The molecule has 0 spiro atoms. The zero-order valence-electron chi connectivity index (χ0n) is 14.0. The van der Waals surface area contributed by atoms with Gasteiger partial charge < -0.3 is 15.7 Å². The molecule has 0 saturated heterocycles. The minimum Gasteiger partial charge on any atom is -0.492 e. The van der Waals surface area contributed by atoms with Gasteiger partial charge in [0.25, 0.3) is 5.56 Å². The predicted octanol–water partition coefficient (Wildman–Crippen LogP) is 1.37. The van der Waals surface area contributed by atoms with E-state index in [9.17, 15) is 24.3 Å². The lowest BCUT2D eigenvalue weighted by Gasteiger charge is -2.07. The molecule has 1 aromatic carbocycles. The van der Waals surface area contributed by atoms with Gasteiger partial charge in [-0.15, -0.1) is 0 Å². The van der Waals surface area contributed by atoms with Crippen LogP contribution in [0.1, 0.15) is 24.2 Å². The summed E-state index contributed by atoms with van der Waals surface area (Å²) in [4.78, 5) is 52.0. The van der Waals surface area contributed by atoms with Crippen molar-refractivity contribution in [3.05, 3.63) is 40.2 Å². The van der Waals surface area contributed by atoms with Crippen molar-refractivity contribution in [3.8, 4) is 5.88 Å². The number of H-pyrrole nitrogens is 1. The average molecular weight is 376 g/mol. The molecule has 0 atom stereocenters. The summed E-state index contributed by atoms with van der Waals surface area (Å²) in [6.45, 7) is 2.64. The zero-order chi connectivity index (χ0) is 19.3. The lowest BCUT2D eigenvalue weighted by Crippen LogP contribution is -2.19. The first-order valence-corrected chi connectivity index (χ1v) is 8.39. The summed E-state index contributed by atoms with van der Waals surface area (Å²) >= 11 is 0.906. The van der Waals surface area contributed by atoms with Gasteiger partial charge >= 0.3 is 0 Å². The first-order valence-electron chi connectivity index (χ1n) is 7.41. The van der Waals surface area contributed by atoms with Crippen LogP contribution in [0.3, 0.4) is 0 Å². The van der Waals surface area contributed by atoms with Crippen LogP contribution in [0.2, 0.25) is 0 Å². The predicted molar refractivity (Wildman–Crippen MR) is 96.6 cm³/mol. The molecular weight excluding hydrogens is 360 g/mol. The number of nitrogens with one attached hydrogen (secondary N) is 3. The highest BCUT2D eigenvalue weighted by atomic mass is 32.2. The van der Waals surface area contributed by atoms with Crippen LogP contribution in [0.5, 0.6) is 5.88 Å². The third-order valence-electron chi connectivity index (χ3n) is 3.09. The Morgan fingerprint density at radius 3 is 2.35 bits per heavy atom. The van der Waals surface area contributed by atoms with Crippen molar-refractivity contribution in [1.29, 1.82) is 0 Å². The molecule has 1 heterocycles. The van der Waals surface area contributed by atoms with Crippen LogP contribution in [-0.4, -0.2) is 38.4 Å². The maximum absolute atomic E-state index is 11.9. The molecule has 0 saturated carbocycles. The average Bonchev–Trinajstić information content (AvgIpc) is 2.56. The molecule has 2 aromatic rings. The van der Waals surface area contributed by atoms with E-state index in [-0.39, 0.29) is 28.3 Å². The van der Waals surface area contributed by atoms with E-state index in [1.54, 1.807) is 24.3 Å². The van der Waals surface area contributed by atoms with Gasteiger partial charge in [-0.3, -0.25) is 24.2 Å². The van der Waals surface area contributed by atoms with E-state index in [4.69, 9.17) is 0 Å². The van der Waals surface area contributed by atoms with Crippen molar-refractivity contribution in [2.24, 2.45) is 0 Å². The number of amides is 2. The molecule has 2 rings (SSSR count). The summed E-state index contributed by atoms with van der Waals surface area (Å²) in [6.07, 6.45) is 0. The van der Waals surface area contributed by atoms with Gasteiger partial charge in [0.15, 0.2) is 16.6 Å². The van der Waals surface area contributed by atoms with E-state index in [1.165, 1.54) is 13.8 Å². The van der Waals surface area contributed by atoms with E-state index in [2.05, 4.69) is 20.6 Å². The summed E-state index contributed by atoms with van der Waals surface area (Å²) in [5, 5.41) is 14.5. The van der Waals surface area contributed by atoms with Crippen LogP contribution in [-0.2, 0) is 9.59 Å². The monoisotopic (exact) mass is 376 g/mol. The second-order valence-electron chi connectivity index (χ2n) is 5.22. The standard InChI is InChI=1S/C16H16N4O5S/c1-8(21)10-3-5-11(6-4-10)18-12(23)7-26-16-19-14(24)13(15(25)20-16)17-9(2)22/h3-6H,7H2,1-2H3,(H,17,22)(H,18,23)(H2,19,20,24,25). The fourth-order valence-corrected chi connectivity index (χ4v) is 2.57. The first-order chi connectivity index (χ1) is 12.3. The maximum Gasteiger partial charge on any atom is 0.279 e. The van der Waals surface area contributed by atoms with Crippen molar-refractivity contribution < 1.29 is 19.5 Å². The Morgan fingerprint density at radius 1 is 1.15 bits per heavy atom. The van der Waals surface area contributed by atoms with Crippen molar-refractivity contribution in [3.63, 3.8) is 0 Å². The lowest BCUT2D eigenvalue weighted by atomic mass is 10.1. The minimum atomic E-state index is -0.726. The smallest absolute Gasteiger partial charge is 0.279 e. The number of hydrogen-bond donors (Lipinski definition) is 4. The number of aromatic nitrogens is 2. The molecule has 2 amide bonds. The number of aromatic hydroxyl groups is 1. The molecule has 0 aliphatic rings. The number of carbonyl (C=O) groups excluding carboxylic acids is 3. The molecule has 0 aliphatic heterocycles. The summed E-state index contributed by atoms with van der Waals surface area (Å²) in [5.41, 5.74) is -0.0212. The highest BCUT2D eigenvalue weighted by Crippen LogP contribution is 2.20. The Hall–Kier alpha value is -3.14. The molecule has 0 aliphatic carbocycles. The molecule has 9 nitrogen and oxygen atoms in total. The largest absolute Gasteiger partial charge is 0.492 e. The van der Waals surface area contributed by atoms with E-state index in [0.717, 1.165) is 11.8 Å². The summed E-state index contributed by atoms with van der Waals surface area (Å²) < 4.78 is 0. The molecule has 1 aromatic heterocycles. The third kappa shape index (κ3) is 5.18. The number of rotatable bonds is 6. The highest BCUT2D eigenvalue weighted by molar-refractivity contribution is 7.99. The normalized spacial score (nSPS) is 10.2. The zero-order valence-corrected chi connectivity index (χ0v) is 14.8. The Labute approximate surface area is 152 Å². The molecule has 0 unspecified atom stereocenters. The lowest BCUT2D eigenvalue weighted by molar-refractivity contribution is -0.114. The van der Waals surface area contributed by atoms with Crippen molar-refractivity contribution >= 4 is 40.7 Å². The van der Waals surface area contributed by atoms with E-state index in [1.807, 2.05) is 0 Å². The quantitative estimate of drug-likeness (QED) is 0.339. The molecule has 4 N–H and O–H groups in total. The van der Waals surface area contributed by atoms with Gasteiger partial charge in [0, 0.05) is 18.2 Å². The number of aromatic amines is 1. The van der Waals surface area contributed by atoms with Gasteiger partial charge in [-0.1, -0.05) is 11.8 Å². The van der Waals surface area contributed by atoms with Crippen LogP contribution in [0, 0.1) is 0 Å². The number of nitrogens with zero attached hydrogens (tertiary/aromatic N) is 1. The number of benzene rings is 1. The van der Waals surface area contributed by atoms with Gasteiger partial charge in [0.05, 0.1) is 5.75 Å². The van der Waals surface area contributed by atoms with Gasteiger partial charge in [-0.25, -0.2) is 0 Å². The number of Topliss-reactive ketones (excluding diaryl/α,β-unsaturated/α-hetero) is 1. The molecule has 0 fully saturated rings. The van der Waals surface area contributed by atoms with E-state index in [0.29, 0.717) is 11.3 Å². The van der Waals surface area contributed by atoms with Crippen LogP contribution in [0.25, 0.3) is 0 Å². The third-order valence-corrected chi connectivity index (χ3v) is 3.97. The van der Waals surface area contributed by atoms with Crippen LogP contribution in [0.15, 0.2) is 34.2 Å². The summed E-state index contributed by atoms with van der Waals surface area (Å²) in [5.74, 6) is -1.67. The van der Waals surface area contributed by atoms with Crippen molar-refractivity contribution in [2.75, 3.05) is 16.4 Å². The van der Waals surface area contributed by atoms with Gasteiger partial charge in [0.1, 0.15) is 0 Å². The first kappa shape index (κ1) is 19.2. The fraction of sp³-hybridized carbons (Fsp3) is 0.188. The topological polar surface area (TPSA) is 141 Å². The van der Waals surface area contributed by atoms with Crippen LogP contribution in [0.4, 0.5) is 11.4 Å². The Balaban J connectivity index is 1.97. The van der Waals surface area contributed by atoms with Crippen LogP contribution < -0.4 is 16.2 Å². The van der Waals surface area contributed by atoms with Crippen molar-refractivity contribution in [2.45, 2.75) is 19.0 Å². The van der Waals surface area contributed by atoms with Crippen LogP contribution >= 0.6 is 11.8 Å². The highest BCUT2D eigenvalue weighted by Gasteiger charge is 2.13. The minimum absolute atomic E-state index is 0.0312. The van der Waals surface area contributed by atoms with E-state index >= 15 is 0 Å². The molecule has 0 bridgehead atoms. The number of carbonyl (C=O) groups is 3. The van der Waals surface area contributed by atoms with E-state index < -0.39 is 17.3 Å². The summed E-state index contributed by atoms with van der Waals surface area (Å²) in [7, 11) is 0. The maximum atomic E-state index is 11.9. The SMILES string of the molecule is CC(=O)Nc1c(O)nc(SCC(=O)Nc2ccc(C(C)=O)cc2)[nH]c1=O. The van der Waals surface area contributed by atoms with Crippen molar-refractivity contribution in [1.82, 2.24) is 9.97 Å². The Morgan fingerprint density at radius 2 is 1.81 bits per heavy atom. The number of anilines is 2. The number of hydrogen-bond acceptors (Lipinski definition) is 7. The fourth-order valence-electron chi connectivity index (χ4n) is 1.92. The summed E-state index contributed by atoms with van der Waals surface area (Å²) in [6, 6.07) is 6.41. The second-order valence-corrected chi connectivity index (χ2v) is 6.19. The number of thioether (sulfide) groups is 1. The molecule has 136 valence electrons. The number of ketones is 1.